The smallest absolute Gasteiger partial charge is 0.382 e. The predicted octanol–water partition coefficient (Wildman–Crippen LogP) is 5.67. The monoisotopic (exact) mass is 499 g/mol. The number of alkyl halides is 3. The van der Waals surface area contributed by atoms with Crippen LogP contribution >= 0.6 is 11.8 Å². The molecule has 5 rings (SSSR count). The zero-order valence-electron chi connectivity index (χ0n) is 19.4. The van der Waals surface area contributed by atoms with E-state index in [9.17, 15) is 18.0 Å². The topological polar surface area (TPSA) is 76.5 Å². The molecule has 0 saturated heterocycles. The third kappa shape index (κ3) is 3.99. The first-order chi connectivity index (χ1) is 16.5. The molecule has 2 aromatic carbocycles. The summed E-state index contributed by atoms with van der Waals surface area (Å²) in [5, 5.41) is 0. The number of thioether (sulfide) groups is 1. The van der Waals surface area contributed by atoms with Gasteiger partial charge in [0.25, 0.3) is 5.91 Å². The van der Waals surface area contributed by atoms with Crippen molar-refractivity contribution in [3.63, 3.8) is 0 Å². The van der Waals surface area contributed by atoms with E-state index in [2.05, 4.69) is 9.97 Å². The van der Waals surface area contributed by atoms with Gasteiger partial charge in [-0.1, -0.05) is 6.07 Å². The molecule has 1 aliphatic rings. The summed E-state index contributed by atoms with van der Waals surface area (Å²) in [7, 11) is 1.70. The van der Waals surface area contributed by atoms with Gasteiger partial charge >= 0.3 is 6.18 Å². The second kappa shape index (κ2) is 8.15. The number of benzene rings is 2. The van der Waals surface area contributed by atoms with Crippen molar-refractivity contribution in [3.05, 3.63) is 71.2 Å². The molecule has 2 N–H and O–H groups in total. The molecule has 0 radical (unpaired) electrons. The maximum atomic E-state index is 13.6. The van der Waals surface area contributed by atoms with Gasteiger partial charge < -0.3 is 10.6 Å². The van der Waals surface area contributed by atoms with E-state index in [1.165, 1.54) is 12.1 Å². The van der Waals surface area contributed by atoms with Crippen molar-refractivity contribution in [2.24, 2.45) is 0 Å². The van der Waals surface area contributed by atoms with Gasteiger partial charge in [0, 0.05) is 17.4 Å². The normalized spacial score (nSPS) is 17.8. The number of nitrogen functional groups attached to an aromatic ring is 1. The van der Waals surface area contributed by atoms with Crippen molar-refractivity contribution in [2.45, 2.75) is 37.2 Å². The molecule has 0 saturated carbocycles. The Balaban J connectivity index is 1.56. The first kappa shape index (κ1) is 23.5. The van der Waals surface area contributed by atoms with Crippen LogP contribution in [0.15, 0.2) is 48.9 Å². The number of hydrogen-bond acceptors (Lipinski definition) is 5. The highest BCUT2D eigenvalue weighted by molar-refractivity contribution is 8.00. The number of nitrogens with two attached hydrogens (primary N) is 1. The van der Waals surface area contributed by atoms with Crippen molar-refractivity contribution < 1.29 is 18.0 Å². The molecule has 182 valence electrons. The van der Waals surface area contributed by atoms with Gasteiger partial charge in [0.2, 0.25) is 0 Å². The molecule has 0 bridgehead atoms. The highest BCUT2D eigenvalue weighted by Gasteiger charge is 2.38. The highest BCUT2D eigenvalue weighted by atomic mass is 32.2. The van der Waals surface area contributed by atoms with Gasteiger partial charge in [-0.05, 0) is 67.5 Å². The predicted molar refractivity (Wildman–Crippen MR) is 131 cm³/mol. The molecular formula is C25H24F3N5OS. The maximum absolute atomic E-state index is 13.6. The molecule has 35 heavy (non-hydrogen) atoms. The van der Waals surface area contributed by atoms with Crippen LogP contribution in [0.2, 0.25) is 0 Å². The van der Waals surface area contributed by atoms with E-state index in [1.807, 2.05) is 13.8 Å². The van der Waals surface area contributed by atoms with Crippen LogP contribution in [-0.2, 0) is 10.9 Å². The second-order valence-electron chi connectivity index (χ2n) is 9.23. The number of hydrogen-bond donors (Lipinski definition) is 1. The quantitative estimate of drug-likeness (QED) is 0.385. The summed E-state index contributed by atoms with van der Waals surface area (Å²) >= 11 is 1.60. The lowest BCUT2D eigenvalue weighted by Crippen LogP contribution is -2.32. The van der Waals surface area contributed by atoms with Gasteiger partial charge in [-0.2, -0.15) is 24.9 Å². The van der Waals surface area contributed by atoms with Crippen molar-refractivity contribution in [1.82, 2.24) is 19.3 Å². The van der Waals surface area contributed by atoms with Gasteiger partial charge in [-0.15, -0.1) is 0 Å². The standard InChI is InChI=1S/C25H24F3N5OS/c1-24(2)17-11-15(25(26,27)28)5-6-16(17)19(8-9-35-24)32(3)23(34)14-4-7-18-20(10-14)33-13-30-12-21(33)22(29)31-18/h4-7,10-13,19H,8-9H2,1-3H3,(H2,29,31)/t19-/m1/s1. The van der Waals surface area contributed by atoms with Gasteiger partial charge in [0.05, 0.1) is 35.2 Å². The number of imidazole rings is 1. The Morgan fingerprint density at radius 1 is 1.20 bits per heavy atom. The average molecular weight is 500 g/mol. The van der Waals surface area contributed by atoms with Crippen molar-refractivity contribution in [1.29, 1.82) is 0 Å². The Hall–Kier alpha value is -3.27. The molecule has 0 unspecified atom stereocenters. The number of aromatic nitrogens is 3. The van der Waals surface area contributed by atoms with E-state index in [4.69, 9.17) is 5.73 Å². The average Bonchev–Trinajstić information content (AvgIpc) is 3.26. The van der Waals surface area contributed by atoms with E-state index in [-0.39, 0.29) is 11.9 Å². The molecule has 10 heteroatoms. The van der Waals surface area contributed by atoms with Crippen LogP contribution in [0.1, 0.15) is 53.4 Å². The Morgan fingerprint density at radius 3 is 2.71 bits per heavy atom. The fraction of sp³-hybridized carbons (Fsp3) is 0.320. The van der Waals surface area contributed by atoms with Crippen molar-refractivity contribution >= 4 is 40.0 Å². The number of carbonyl (C=O) groups is 1. The molecule has 2 aromatic heterocycles. The number of amides is 1. The summed E-state index contributed by atoms with van der Waals surface area (Å²) in [5.41, 5.74) is 9.11. The van der Waals surface area contributed by atoms with Crippen LogP contribution in [-0.4, -0.2) is 38.0 Å². The molecular weight excluding hydrogens is 475 g/mol. The zero-order valence-corrected chi connectivity index (χ0v) is 20.2. The number of halogens is 3. The van der Waals surface area contributed by atoms with Crippen LogP contribution in [0, 0.1) is 0 Å². The van der Waals surface area contributed by atoms with E-state index >= 15 is 0 Å². The lowest BCUT2D eigenvalue weighted by Gasteiger charge is -2.31. The Bertz CT molecular complexity index is 1460. The van der Waals surface area contributed by atoms with Crippen LogP contribution in [0.4, 0.5) is 19.0 Å². The van der Waals surface area contributed by atoms with Crippen molar-refractivity contribution in [2.75, 3.05) is 18.5 Å². The second-order valence-corrected chi connectivity index (χ2v) is 10.9. The summed E-state index contributed by atoms with van der Waals surface area (Å²) in [6.07, 6.45) is -0.571. The summed E-state index contributed by atoms with van der Waals surface area (Å²) in [4.78, 5) is 23.8. The number of carbonyl (C=O) groups excluding carboxylic acids is 1. The fourth-order valence-electron chi connectivity index (χ4n) is 4.76. The molecule has 1 amide bonds. The molecule has 4 aromatic rings. The summed E-state index contributed by atoms with van der Waals surface area (Å²) < 4.78 is 41.7. The van der Waals surface area contributed by atoms with Gasteiger partial charge in [-0.25, -0.2) is 9.97 Å². The van der Waals surface area contributed by atoms with Crippen molar-refractivity contribution in [3.8, 4) is 0 Å². The summed E-state index contributed by atoms with van der Waals surface area (Å²) in [6.45, 7) is 3.86. The lowest BCUT2D eigenvalue weighted by atomic mass is 9.88. The largest absolute Gasteiger partial charge is 0.416 e. The first-order valence-electron chi connectivity index (χ1n) is 11.1. The molecule has 0 fully saturated rings. The minimum atomic E-state index is -4.43. The molecule has 6 nitrogen and oxygen atoms in total. The molecule has 3 heterocycles. The number of rotatable bonds is 2. The molecule has 1 aliphatic heterocycles. The number of nitrogens with zero attached hydrogens (tertiary/aromatic N) is 4. The first-order valence-corrected chi connectivity index (χ1v) is 12.1. The van der Waals surface area contributed by atoms with Crippen LogP contribution in [0.5, 0.6) is 0 Å². The number of anilines is 1. The number of fused-ring (bicyclic) bond motifs is 4. The summed E-state index contributed by atoms with van der Waals surface area (Å²) in [6, 6.07) is 8.70. The summed E-state index contributed by atoms with van der Waals surface area (Å²) in [5.74, 6) is 0.833. The van der Waals surface area contributed by atoms with Crippen LogP contribution in [0.25, 0.3) is 16.6 Å². The van der Waals surface area contributed by atoms with E-state index in [0.717, 1.165) is 11.6 Å². The third-order valence-electron chi connectivity index (χ3n) is 6.65. The van der Waals surface area contributed by atoms with Gasteiger partial charge in [-0.3, -0.25) is 9.20 Å². The minimum Gasteiger partial charge on any atom is -0.382 e. The Labute approximate surface area is 204 Å². The van der Waals surface area contributed by atoms with Crippen LogP contribution in [0.3, 0.4) is 0 Å². The van der Waals surface area contributed by atoms with Gasteiger partial charge in [0.15, 0.2) is 0 Å². The van der Waals surface area contributed by atoms with E-state index in [0.29, 0.717) is 45.7 Å². The maximum Gasteiger partial charge on any atom is 0.416 e. The SMILES string of the molecule is CN(C(=O)c1ccc2nc(N)c3cncn3c2c1)[C@@H]1CCSC(C)(C)c2cc(C(F)(F)F)ccc21. The third-order valence-corrected chi connectivity index (χ3v) is 8.04. The molecule has 1 atom stereocenters. The zero-order chi connectivity index (χ0) is 25.1. The van der Waals surface area contributed by atoms with E-state index in [1.54, 1.807) is 58.8 Å². The van der Waals surface area contributed by atoms with Crippen LogP contribution < -0.4 is 5.73 Å². The highest BCUT2D eigenvalue weighted by Crippen LogP contribution is 2.47. The molecule has 0 spiro atoms. The fourth-order valence-corrected chi connectivity index (χ4v) is 5.94. The lowest BCUT2D eigenvalue weighted by molar-refractivity contribution is -0.137. The van der Waals surface area contributed by atoms with E-state index < -0.39 is 16.5 Å². The minimum absolute atomic E-state index is 0.224. The molecule has 0 aliphatic carbocycles. The Morgan fingerprint density at radius 2 is 1.97 bits per heavy atom. The Kier molecular flexibility index (Phi) is 5.47. The van der Waals surface area contributed by atoms with Gasteiger partial charge in [0.1, 0.15) is 11.3 Å².